The number of aromatic hydroxyl groups is 2. The van der Waals surface area contributed by atoms with E-state index in [0.29, 0.717) is 12.2 Å². The molecular weight excluding hydrogens is 244 g/mol. The van der Waals surface area contributed by atoms with E-state index in [9.17, 15) is 15.0 Å². The van der Waals surface area contributed by atoms with Gasteiger partial charge >= 0.3 is 0 Å². The number of hydrogen-bond donors (Lipinski definition) is 4. The fourth-order valence-electron chi connectivity index (χ4n) is 1.65. The zero-order chi connectivity index (χ0) is 13.8. The van der Waals surface area contributed by atoms with Crippen LogP contribution in [0.3, 0.4) is 0 Å². The summed E-state index contributed by atoms with van der Waals surface area (Å²) in [6.07, 6.45) is 0. The first-order valence-corrected chi connectivity index (χ1v) is 5.72. The number of hydrogen-bond acceptors (Lipinski definition) is 4. The van der Waals surface area contributed by atoms with Crippen LogP contribution >= 0.6 is 0 Å². The Morgan fingerprint density at radius 2 is 1.63 bits per heavy atom. The maximum atomic E-state index is 11.9. The number of benzene rings is 2. The number of amides is 1. The molecule has 2 aromatic rings. The minimum Gasteiger partial charge on any atom is -0.508 e. The minimum atomic E-state index is -0.410. The third-order valence-corrected chi connectivity index (χ3v) is 2.61. The lowest BCUT2D eigenvalue weighted by molar-refractivity contribution is 0.102. The summed E-state index contributed by atoms with van der Waals surface area (Å²) in [5.41, 5.74) is 7.25. The molecule has 0 saturated heterocycles. The molecule has 5 heteroatoms. The Kier molecular flexibility index (Phi) is 3.68. The number of nitrogens with two attached hydrogens (primary N) is 1. The molecule has 0 aliphatic carbocycles. The molecule has 0 unspecified atom stereocenters. The second-order valence-electron chi connectivity index (χ2n) is 4.09. The maximum absolute atomic E-state index is 11.9. The number of nitrogens with one attached hydrogen (secondary N) is 1. The lowest BCUT2D eigenvalue weighted by Gasteiger charge is -2.07. The molecule has 0 saturated carbocycles. The Balaban J connectivity index is 2.15. The van der Waals surface area contributed by atoms with Gasteiger partial charge in [-0.2, -0.15) is 0 Å². The Morgan fingerprint density at radius 1 is 1.05 bits per heavy atom. The Labute approximate surface area is 110 Å². The van der Waals surface area contributed by atoms with E-state index in [1.807, 2.05) is 12.1 Å². The fourth-order valence-corrected chi connectivity index (χ4v) is 1.65. The fraction of sp³-hybridized carbons (Fsp3) is 0.0714. The molecule has 0 spiro atoms. The van der Waals surface area contributed by atoms with Crippen LogP contribution in [0.1, 0.15) is 15.9 Å². The van der Waals surface area contributed by atoms with E-state index in [2.05, 4.69) is 5.32 Å². The van der Waals surface area contributed by atoms with Gasteiger partial charge in [0.1, 0.15) is 11.5 Å². The van der Waals surface area contributed by atoms with Crippen molar-refractivity contribution in [1.29, 1.82) is 0 Å². The van der Waals surface area contributed by atoms with Crippen molar-refractivity contribution in [2.75, 3.05) is 5.32 Å². The number of rotatable bonds is 3. The molecular formula is C14H14N2O3. The van der Waals surface area contributed by atoms with Gasteiger partial charge in [-0.3, -0.25) is 4.79 Å². The van der Waals surface area contributed by atoms with E-state index in [4.69, 9.17) is 5.73 Å². The van der Waals surface area contributed by atoms with Crippen LogP contribution in [0.15, 0.2) is 42.5 Å². The van der Waals surface area contributed by atoms with Crippen LogP contribution in [0.4, 0.5) is 5.69 Å². The molecule has 0 aromatic heterocycles. The monoisotopic (exact) mass is 258 g/mol. The first-order valence-electron chi connectivity index (χ1n) is 5.72. The summed E-state index contributed by atoms with van der Waals surface area (Å²) >= 11 is 0. The molecule has 5 nitrogen and oxygen atoms in total. The lowest BCUT2D eigenvalue weighted by Crippen LogP contribution is -2.11. The van der Waals surface area contributed by atoms with Crippen LogP contribution in [0, 0.1) is 0 Å². The van der Waals surface area contributed by atoms with Crippen LogP contribution in [0.5, 0.6) is 11.5 Å². The van der Waals surface area contributed by atoms with Crippen molar-refractivity contribution in [3.8, 4) is 11.5 Å². The number of phenols is 2. The van der Waals surface area contributed by atoms with Crippen molar-refractivity contribution in [3.05, 3.63) is 53.6 Å². The number of anilines is 1. The van der Waals surface area contributed by atoms with E-state index in [0.717, 1.165) is 11.6 Å². The molecule has 19 heavy (non-hydrogen) atoms. The van der Waals surface area contributed by atoms with Crippen LogP contribution in [0.25, 0.3) is 0 Å². The Morgan fingerprint density at radius 3 is 2.16 bits per heavy atom. The van der Waals surface area contributed by atoms with Gasteiger partial charge in [0.05, 0.1) is 0 Å². The first-order chi connectivity index (χ1) is 9.08. The molecule has 0 radical (unpaired) electrons. The van der Waals surface area contributed by atoms with Gasteiger partial charge in [0, 0.05) is 23.9 Å². The lowest BCUT2D eigenvalue weighted by atomic mass is 10.1. The quantitative estimate of drug-likeness (QED) is 0.675. The van der Waals surface area contributed by atoms with E-state index in [-0.39, 0.29) is 17.1 Å². The summed E-state index contributed by atoms with van der Waals surface area (Å²) in [6, 6.07) is 10.8. The molecule has 98 valence electrons. The summed E-state index contributed by atoms with van der Waals surface area (Å²) in [7, 11) is 0. The van der Waals surface area contributed by atoms with Crippen molar-refractivity contribution in [3.63, 3.8) is 0 Å². The van der Waals surface area contributed by atoms with E-state index in [1.165, 1.54) is 12.1 Å². The van der Waals surface area contributed by atoms with Gasteiger partial charge in [-0.1, -0.05) is 12.1 Å². The molecule has 2 aromatic carbocycles. The molecule has 0 aliphatic rings. The van der Waals surface area contributed by atoms with Crippen molar-refractivity contribution in [2.24, 2.45) is 5.73 Å². The zero-order valence-corrected chi connectivity index (χ0v) is 10.1. The largest absolute Gasteiger partial charge is 0.508 e. The average molecular weight is 258 g/mol. The highest BCUT2D eigenvalue weighted by molar-refractivity contribution is 6.04. The average Bonchev–Trinajstić information content (AvgIpc) is 2.38. The Bertz CT molecular complexity index is 574. The predicted octanol–water partition coefficient (Wildman–Crippen LogP) is 1.81. The normalized spacial score (nSPS) is 10.2. The molecule has 0 aliphatic heterocycles. The second kappa shape index (κ2) is 5.41. The number of carbonyl (C=O) groups excluding carboxylic acids is 1. The standard InChI is InChI=1S/C14H14N2O3/c15-8-9-1-3-11(4-2-9)16-14(19)10-5-12(17)7-13(18)6-10/h1-7,17-18H,8,15H2,(H,16,19). The molecule has 5 N–H and O–H groups in total. The summed E-state index contributed by atoms with van der Waals surface area (Å²) < 4.78 is 0. The molecule has 0 heterocycles. The van der Waals surface area contributed by atoms with E-state index < -0.39 is 5.91 Å². The van der Waals surface area contributed by atoms with Crippen LogP contribution in [0.2, 0.25) is 0 Å². The van der Waals surface area contributed by atoms with Crippen molar-refractivity contribution < 1.29 is 15.0 Å². The van der Waals surface area contributed by atoms with Crippen molar-refractivity contribution in [1.82, 2.24) is 0 Å². The second-order valence-corrected chi connectivity index (χ2v) is 4.09. The van der Waals surface area contributed by atoms with Gasteiger partial charge in [-0.25, -0.2) is 0 Å². The van der Waals surface area contributed by atoms with Gasteiger partial charge in [-0.05, 0) is 29.8 Å². The van der Waals surface area contributed by atoms with Gasteiger partial charge < -0.3 is 21.3 Å². The molecule has 1 amide bonds. The van der Waals surface area contributed by atoms with Gasteiger partial charge in [0.2, 0.25) is 0 Å². The summed E-state index contributed by atoms with van der Waals surface area (Å²) in [6.45, 7) is 0.439. The predicted molar refractivity (Wildman–Crippen MR) is 72.1 cm³/mol. The minimum absolute atomic E-state index is 0.163. The SMILES string of the molecule is NCc1ccc(NC(=O)c2cc(O)cc(O)c2)cc1. The van der Waals surface area contributed by atoms with E-state index in [1.54, 1.807) is 12.1 Å². The Hall–Kier alpha value is -2.53. The number of carbonyl (C=O) groups is 1. The van der Waals surface area contributed by atoms with Crippen molar-refractivity contribution >= 4 is 11.6 Å². The molecule has 2 rings (SSSR count). The molecule has 0 atom stereocenters. The summed E-state index contributed by atoms with van der Waals surface area (Å²) in [5, 5.41) is 21.3. The van der Waals surface area contributed by atoms with Crippen LogP contribution in [-0.2, 0) is 6.54 Å². The molecule has 0 fully saturated rings. The third-order valence-electron chi connectivity index (χ3n) is 2.61. The zero-order valence-electron chi connectivity index (χ0n) is 10.1. The third kappa shape index (κ3) is 3.23. The van der Waals surface area contributed by atoms with Gasteiger partial charge in [0.25, 0.3) is 5.91 Å². The highest BCUT2D eigenvalue weighted by Gasteiger charge is 2.08. The highest BCUT2D eigenvalue weighted by atomic mass is 16.3. The summed E-state index contributed by atoms with van der Waals surface area (Å²) in [4.78, 5) is 11.9. The van der Waals surface area contributed by atoms with Gasteiger partial charge in [-0.15, -0.1) is 0 Å². The van der Waals surface area contributed by atoms with Crippen molar-refractivity contribution in [2.45, 2.75) is 6.54 Å². The van der Waals surface area contributed by atoms with E-state index >= 15 is 0 Å². The summed E-state index contributed by atoms with van der Waals surface area (Å²) in [5.74, 6) is -0.737. The maximum Gasteiger partial charge on any atom is 0.255 e. The molecule has 0 bridgehead atoms. The van der Waals surface area contributed by atoms with Crippen LogP contribution < -0.4 is 11.1 Å². The first kappa shape index (κ1) is 12.9. The van der Waals surface area contributed by atoms with Gasteiger partial charge in [0.15, 0.2) is 0 Å². The number of phenolic OH excluding ortho intramolecular Hbond substituents is 2. The smallest absolute Gasteiger partial charge is 0.255 e. The highest BCUT2D eigenvalue weighted by Crippen LogP contribution is 2.21. The van der Waals surface area contributed by atoms with Crippen LogP contribution in [-0.4, -0.2) is 16.1 Å². The topological polar surface area (TPSA) is 95.6 Å².